The van der Waals surface area contributed by atoms with Crippen LogP contribution in [0.1, 0.15) is 26.7 Å². The average Bonchev–Trinajstić information content (AvgIpc) is 1.91. The van der Waals surface area contributed by atoms with Crippen LogP contribution in [-0.2, 0) is 0 Å². The molecule has 0 aliphatic rings. The van der Waals surface area contributed by atoms with Crippen molar-refractivity contribution in [2.75, 3.05) is 0 Å². The number of aliphatic hydroxyl groups is 1. The van der Waals surface area contributed by atoms with E-state index in [0.29, 0.717) is 0 Å². The Hall–Kier alpha value is -0.120. The fourth-order valence-corrected chi connectivity index (χ4v) is 0.289. The summed E-state index contributed by atoms with van der Waals surface area (Å²) in [5.74, 6) is 0. The van der Waals surface area contributed by atoms with Crippen molar-refractivity contribution < 1.29 is 15.6 Å². The first-order valence-corrected chi connectivity index (χ1v) is 2.69. The highest BCUT2D eigenvalue weighted by molar-refractivity contribution is 4.43. The van der Waals surface area contributed by atoms with Crippen LogP contribution in [0.2, 0.25) is 0 Å². The van der Waals surface area contributed by atoms with E-state index in [4.69, 9.17) is 15.6 Å². The van der Waals surface area contributed by atoms with Gasteiger partial charge in [-0.3, -0.25) is 10.5 Å². The highest BCUT2D eigenvalue weighted by Gasteiger charge is 1.90. The van der Waals surface area contributed by atoms with Gasteiger partial charge >= 0.3 is 0 Å². The minimum Gasteiger partial charge on any atom is -0.393 e. The smallest absolute Gasteiger partial charge is 0.0535 e. The van der Waals surface area contributed by atoms with E-state index in [1.807, 2.05) is 13.8 Å². The van der Waals surface area contributed by atoms with E-state index in [1.54, 1.807) is 0 Å². The van der Waals surface area contributed by atoms with Crippen molar-refractivity contribution in [3.8, 4) is 0 Å². The van der Waals surface area contributed by atoms with Crippen LogP contribution >= 0.6 is 0 Å². The lowest BCUT2D eigenvalue weighted by Gasteiger charge is -1.98. The van der Waals surface area contributed by atoms with Gasteiger partial charge in [0.2, 0.25) is 0 Å². The lowest BCUT2D eigenvalue weighted by molar-refractivity contribution is -0.176. The summed E-state index contributed by atoms with van der Waals surface area (Å²) in [7, 11) is 0. The molecule has 0 unspecified atom stereocenters. The van der Waals surface area contributed by atoms with Crippen molar-refractivity contribution in [1.82, 2.24) is 0 Å². The molecule has 8 heavy (non-hydrogen) atoms. The van der Waals surface area contributed by atoms with Gasteiger partial charge in [0.25, 0.3) is 0 Å². The molecule has 0 fully saturated rings. The van der Waals surface area contributed by atoms with E-state index in [-0.39, 0.29) is 6.10 Å². The first-order chi connectivity index (χ1) is 3.81. The Labute approximate surface area is 49.5 Å². The number of hydrogen-bond donors (Lipinski definition) is 3. The van der Waals surface area contributed by atoms with Crippen molar-refractivity contribution in [2.45, 2.75) is 32.8 Å². The number of aliphatic hydroxyl groups excluding tert-OH is 1. The Morgan fingerprint density at radius 2 is 1.38 bits per heavy atom. The molecular formula is C5H14O3. The Bertz CT molecular complexity index is 26.9. The first kappa shape index (κ1) is 10.8. The van der Waals surface area contributed by atoms with Gasteiger partial charge in [-0.25, -0.2) is 0 Å². The number of hydrogen-bond acceptors (Lipinski definition) is 3. The van der Waals surface area contributed by atoms with Crippen LogP contribution in [-0.4, -0.2) is 21.7 Å². The first-order valence-electron chi connectivity index (χ1n) is 2.69. The van der Waals surface area contributed by atoms with Gasteiger partial charge in [-0.05, 0) is 12.8 Å². The van der Waals surface area contributed by atoms with Crippen LogP contribution < -0.4 is 0 Å². The summed E-state index contributed by atoms with van der Waals surface area (Å²) in [6, 6.07) is 0. The largest absolute Gasteiger partial charge is 0.393 e. The zero-order chi connectivity index (χ0) is 6.99. The van der Waals surface area contributed by atoms with E-state index in [2.05, 4.69) is 0 Å². The second kappa shape index (κ2) is 9.99. The van der Waals surface area contributed by atoms with Gasteiger partial charge in [0, 0.05) is 0 Å². The van der Waals surface area contributed by atoms with Crippen molar-refractivity contribution in [1.29, 1.82) is 0 Å². The van der Waals surface area contributed by atoms with E-state index in [9.17, 15) is 0 Å². The quantitative estimate of drug-likeness (QED) is 0.381. The van der Waals surface area contributed by atoms with E-state index in [0.717, 1.165) is 12.8 Å². The molecular weight excluding hydrogens is 108 g/mol. The third-order valence-corrected chi connectivity index (χ3v) is 0.942. The summed E-state index contributed by atoms with van der Waals surface area (Å²) in [6.45, 7) is 3.96. The fourth-order valence-electron chi connectivity index (χ4n) is 0.289. The van der Waals surface area contributed by atoms with Crippen molar-refractivity contribution in [2.24, 2.45) is 0 Å². The molecule has 0 radical (unpaired) electrons. The summed E-state index contributed by atoms with van der Waals surface area (Å²) in [6.07, 6.45) is 1.71. The van der Waals surface area contributed by atoms with Crippen LogP contribution in [0.15, 0.2) is 0 Å². The maximum atomic E-state index is 8.67. The molecule has 0 saturated heterocycles. The molecule has 0 saturated carbocycles. The fraction of sp³-hybridized carbons (Fsp3) is 1.00. The average molecular weight is 122 g/mol. The van der Waals surface area contributed by atoms with Crippen molar-refractivity contribution in [3.63, 3.8) is 0 Å². The van der Waals surface area contributed by atoms with Gasteiger partial charge in [-0.1, -0.05) is 13.8 Å². The lowest BCUT2D eigenvalue weighted by Crippen LogP contribution is -1.99. The Balaban J connectivity index is 0. The highest BCUT2D eigenvalue weighted by Crippen LogP contribution is 1.91. The van der Waals surface area contributed by atoms with Gasteiger partial charge < -0.3 is 5.11 Å². The maximum absolute atomic E-state index is 8.67. The molecule has 0 aromatic carbocycles. The predicted octanol–water partition coefficient (Wildman–Crippen LogP) is 1.18. The van der Waals surface area contributed by atoms with E-state index in [1.165, 1.54) is 0 Å². The van der Waals surface area contributed by atoms with Crippen LogP contribution in [0.4, 0.5) is 0 Å². The normalized spacial score (nSPS) is 8.25. The molecule has 0 spiro atoms. The summed E-state index contributed by atoms with van der Waals surface area (Å²) < 4.78 is 0. The molecule has 0 aromatic rings. The summed E-state index contributed by atoms with van der Waals surface area (Å²) in [5, 5.41) is 20.7. The molecule has 0 amide bonds. The van der Waals surface area contributed by atoms with Gasteiger partial charge in [-0.15, -0.1) is 0 Å². The Morgan fingerprint density at radius 1 is 1.12 bits per heavy atom. The van der Waals surface area contributed by atoms with E-state index >= 15 is 0 Å². The molecule has 0 rings (SSSR count). The summed E-state index contributed by atoms with van der Waals surface area (Å²) >= 11 is 0. The second-order valence-electron chi connectivity index (χ2n) is 1.47. The summed E-state index contributed by atoms with van der Waals surface area (Å²) in [4.78, 5) is 0. The molecule has 0 aromatic heterocycles. The zero-order valence-electron chi connectivity index (χ0n) is 5.33. The third kappa shape index (κ3) is 9.30. The molecule has 3 N–H and O–H groups in total. The molecule has 0 bridgehead atoms. The standard InChI is InChI=1S/C5H12O.H2O2/c1-3-5(6)4-2;1-2/h5-6H,3-4H2,1-2H3;1-2H. The molecule has 3 nitrogen and oxygen atoms in total. The number of rotatable bonds is 2. The predicted molar refractivity (Wildman–Crippen MR) is 31.8 cm³/mol. The van der Waals surface area contributed by atoms with Crippen LogP contribution in [0.25, 0.3) is 0 Å². The molecule has 0 aliphatic carbocycles. The van der Waals surface area contributed by atoms with Crippen LogP contribution in [0, 0.1) is 0 Å². The topological polar surface area (TPSA) is 60.7 Å². The van der Waals surface area contributed by atoms with Gasteiger partial charge in [0.05, 0.1) is 6.10 Å². The molecule has 0 atom stereocenters. The SMILES string of the molecule is CCC(O)CC.OO. The van der Waals surface area contributed by atoms with Gasteiger partial charge in [0.1, 0.15) is 0 Å². The highest BCUT2D eigenvalue weighted by atomic mass is 17.0. The summed E-state index contributed by atoms with van der Waals surface area (Å²) in [5.41, 5.74) is 0. The molecule has 0 heterocycles. The third-order valence-electron chi connectivity index (χ3n) is 0.942. The van der Waals surface area contributed by atoms with Gasteiger partial charge in [-0.2, -0.15) is 0 Å². The van der Waals surface area contributed by atoms with Crippen LogP contribution in [0.3, 0.4) is 0 Å². The second-order valence-corrected chi connectivity index (χ2v) is 1.47. The monoisotopic (exact) mass is 122 g/mol. The minimum absolute atomic E-state index is 0.0648. The van der Waals surface area contributed by atoms with Crippen LogP contribution in [0.5, 0.6) is 0 Å². The van der Waals surface area contributed by atoms with Crippen molar-refractivity contribution >= 4 is 0 Å². The Kier molecular flexibility index (Phi) is 13.5. The van der Waals surface area contributed by atoms with Crippen molar-refractivity contribution in [3.05, 3.63) is 0 Å². The molecule has 52 valence electrons. The minimum atomic E-state index is -0.0648. The molecule has 3 heteroatoms. The zero-order valence-corrected chi connectivity index (χ0v) is 5.33. The lowest BCUT2D eigenvalue weighted by atomic mass is 10.2. The molecule has 0 aliphatic heterocycles. The Morgan fingerprint density at radius 3 is 1.38 bits per heavy atom. The van der Waals surface area contributed by atoms with Gasteiger partial charge in [0.15, 0.2) is 0 Å². The maximum Gasteiger partial charge on any atom is 0.0535 e. The van der Waals surface area contributed by atoms with E-state index < -0.39 is 0 Å².